The lowest BCUT2D eigenvalue weighted by atomic mass is 10.0. The van der Waals surface area contributed by atoms with Crippen molar-refractivity contribution in [3.63, 3.8) is 0 Å². The minimum atomic E-state index is 0.764. The van der Waals surface area contributed by atoms with Crippen LogP contribution in [0.25, 0.3) is 22.2 Å². The quantitative estimate of drug-likeness (QED) is 0.481. The molecule has 0 aliphatic heterocycles. The van der Waals surface area contributed by atoms with Gasteiger partial charge in [0.05, 0.1) is 5.69 Å². The zero-order chi connectivity index (χ0) is 14.7. The normalized spacial score (nSPS) is 11.1. The van der Waals surface area contributed by atoms with Crippen LogP contribution in [0.2, 0.25) is 0 Å². The van der Waals surface area contributed by atoms with Crippen LogP contribution in [0.1, 0.15) is 18.4 Å². The van der Waals surface area contributed by atoms with Crippen molar-refractivity contribution in [2.24, 2.45) is 5.73 Å². The fourth-order valence-electron chi connectivity index (χ4n) is 2.80. The van der Waals surface area contributed by atoms with Crippen LogP contribution in [-0.2, 0) is 6.42 Å². The number of nitrogens with two attached hydrogens (primary N) is 1. The van der Waals surface area contributed by atoms with E-state index in [2.05, 4.69) is 76.1 Å². The van der Waals surface area contributed by atoms with E-state index in [1.807, 2.05) is 0 Å². The third kappa shape index (κ3) is 2.99. The number of rotatable bonds is 5. The summed E-state index contributed by atoms with van der Waals surface area (Å²) < 4.78 is 1.28. The SMILES string of the molecule is NCCCCc1c(-c2ccccc2I)[nH]c2ccccc12. The highest BCUT2D eigenvalue weighted by molar-refractivity contribution is 14.1. The molecule has 0 spiro atoms. The average molecular weight is 390 g/mol. The average Bonchev–Trinajstić information content (AvgIpc) is 2.87. The molecule has 0 unspecified atom stereocenters. The van der Waals surface area contributed by atoms with Crippen LogP contribution in [0.15, 0.2) is 48.5 Å². The molecule has 21 heavy (non-hydrogen) atoms. The van der Waals surface area contributed by atoms with Gasteiger partial charge in [0, 0.05) is 20.0 Å². The number of aromatic nitrogens is 1. The molecule has 2 aromatic carbocycles. The fraction of sp³-hybridized carbons (Fsp3) is 0.222. The van der Waals surface area contributed by atoms with Crippen LogP contribution in [0.5, 0.6) is 0 Å². The number of H-pyrrole nitrogens is 1. The van der Waals surface area contributed by atoms with Gasteiger partial charge in [0.2, 0.25) is 0 Å². The first kappa shape index (κ1) is 14.6. The smallest absolute Gasteiger partial charge is 0.0508 e. The van der Waals surface area contributed by atoms with Crippen LogP contribution < -0.4 is 5.73 Å². The molecule has 0 saturated heterocycles. The Kier molecular flexibility index (Phi) is 4.60. The second-order valence-electron chi connectivity index (χ2n) is 5.25. The maximum atomic E-state index is 5.64. The second-order valence-corrected chi connectivity index (χ2v) is 6.41. The molecule has 3 heteroatoms. The molecule has 3 aromatic rings. The Morgan fingerprint density at radius 2 is 1.71 bits per heavy atom. The molecule has 3 rings (SSSR count). The van der Waals surface area contributed by atoms with Crippen molar-refractivity contribution >= 4 is 33.5 Å². The van der Waals surface area contributed by atoms with Crippen molar-refractivity contribution in [3.8, 4) is 11.3 Å². The highest BCUT2D eigenvalue weighted by Gasteiger charge is 2.14. The number of fused-ring (bicyclic) bond motifs is 1. The molecule has 0 amide bonds. The predicted molar refractivity (Wildman–Crippen MR) is 98.4 cm³/mol. The highest BCUT2D eigenvalue weighted by atomic mass is 127. The molecule has 0 fully saturated rings. The number of hydrogen-bond acceptors (Lipinski definition) is 1. The minimum absolute atomic E-state index is 0.764. The summed E-state index contributed by atoms with van der Waals surface area (Å²) >= 11 is 2.41. The molecule has 0 aliphatic rings. The zero-order valence-electron chi connectivity index (χ0n) is 11.9. The summed E-state index contributed by atoms with van der Waals surface area (Å²) in [5, 5.41) is 1.34. The van der Waals surface area contributed by atoms with Crippen molar-refractivity contribution in [1.29, 1.82) is 0 Å². The predicted octanol–water partition coefficient (Wildman–Crippen LogP) is 4.72. The van der Waals surface area contributed by atoms with Crippen LogP contribution in [-0.4, -0.2) is 11.5 Å². The van der Waals surface area contributed by atoms with E-state index < -0.39 is 0 Å². The summed E-state index contributed by atoms with van der Waals surface area (Å²) in [6, 6.07) is 17.1. The number of halogens is 1. The van der Waals surface area contributed by atoms with Crippen molar-refractivity contribution < 1.29 is 0 Å². The van der Waals surface area contributed by atoms with Crippen molar-refractivity contribution in [3.05, 3.63) is 57.7 Å². The van der Waals surface area contributed by atoms with Gasteiger partial charge in [-0.2, -0.15) is 0 Å². The lowest BCUT2D eigenvalue weighted by Gasteiger charge is -2.07. The van der Waals surface area contributed by atoms with E-state index in [4.69, 9.17) is 5.73 Å². The van der Waals surface area contributed by atoms with Gasteiger partial charge in [0.15, 0.2) is 0 Å². The van der Waals surface area contributed by atoms with Gasteiger partial charge in [-0.1, -0.05) is 36.4 Å². The Bertz CT molecular complexity index is 746. The molecule has 0 saturated carbocycles. The van der Waals surface area contributed by atoms with Gasteiger partial charge in [-0.25, -0.2) is 0 Å². The zero-order valence-corrected chi connectivity index (χ0v) is 14.1. The van der Waals surface area contributed by atoms with Gasteiger partial charge in [0.1, 0.15) is 0 Å². The Morgan fingerprint density at radius 1 is 0.952 bits per heavy atom. The molecule has 1 aromatic heterocycles. The summed E-state index contributed by atoms with van der Waals surface area (Å²) in [6.07, 6.45) is 3.28. The maximum Gasteiger partial charge on any atom is 0.0508 e. The molecule has 0 atom stereocenters. The number of unbranched alkanes of at least 4 members (excludes halogenated alkanes) is 1. The van der Waals surface area contributed by atoms with E-state index >= 15 is 0 Å². The van der Waals surface area contributed by atoms with Gasteiger partial charge >= 0.3 is 0 Å². The third-order valence-electron chi connectivity index (χ3n) is 3.84. The fourth-order valence-corrected chi connectivity index (χ4v) is 3.46. The topological polar surface area (TPSA) is 41.8 Å². The number of hydrogen-bond donors (Lipinski definition) is 2. The van der Waals surface area contributed by atoms with Crippen LogP contribution >= 0.6 is 22.6 Å². The summed E-state index contributed by atoms with van der Waals surface area (Å²) in [6.45, 7) is 0.764. The van der Waals surface area contributed by atoms with E-state index in [0.29, 0.717) is 0 Å². The van der Waals surface area contributed by atoms with E-state index in [9.17, 15) is 0 Å². The first-order valence-electron chi connectivity index (χ1n) is 7.36. The second kappa shape index (κ2) is 6.62. The maximum absolute atomic E-state index is 5.64. The standard InChI is InChI=1S/C18H19IN2/c19-16-10-3-1-9-15(16)18-14(8-5-6-12-20)13-7-2-4-11-17(13)21-18/h1-4,7,9-11,21H,5-6,8,12,20H2. The number of benzene rings is 2. The van der Waals surface area contributed by atoms with Crippen LogP contribution in [0.3, 0.4) is 0 Å². The van der Waals surface area contributed by atoms with Gasteiger partial charge in [-0.3, -0.25) is 0 Å². The molecule has 0 radical (unpaired) electrons. The van der Waals surface area contributed by atoms with Gasteiger partial charge < -0.3 is 10.7 Å². The lowest BCUT2D eigenvalue weighted by molar-refractivity contribution is 0.748. The Hall–Kier alpha value is -1.33. The van der Waals surface area contributed by atoms with Crippen LogP contribution in [0, 0.1) is 3.57 Å². The minimum Gasteiger partial charge on any atom is -0.354 e. The number of aromatic amines is 1. The van der Waals surface area contributed by atoms with Gasteiger partial charge in [-0.15, -0.1) is 0 Å². The molecule has 1 heterocycles. The number of nitrogens with one attached hydrogen (secondary N) is 1. The van der Waals surface area contributed by atoms with Crippen molar-refractivity contribution in [2.75, 3.05) is 6.54 Å². The van der Waals surface area contributed by atoms with Crippen molar-refractivity contribution in [1.82, 2.24) is 4.98 Å². The Morgan fingerprint density at radius 3 is 2.52 bits per heavy atom. The molecule has 3 N–H and O–H groups in total. The van der Waals surface area contributed by atoms with E-state index in [-0.39, 0.29) is 0 Å². The number of para-hydroxylation sites is 1. The third-order valence-corrected chi connectivity index (χ3v) is 4.78. The molecule has 2 nitrogen and oxygen atoms in total. The van der Waals surface area contributed by atoms with Crippen molar-refractivity contribution in [2.45, 2.75) is 19.3 Å². The van der Waals surface area contributed by atoms with Crippen LogP contribution in [0.4, 0.5) is 0 Å². The van der Waals surface area contributed by atoms with E-state index in [1.54, 1.807) is 0 Å². The van der Waals surface area contributed by atoms with E-state index in [0.717, 1.165) is 25.8 Å². The summed E-state index contributed by atoms with van der Waals surface area (Å²) in [5.74, 6) is 0. The molecular weight excluding hydrogens is 371 g/mol. The van der Waals surface area contributed by atoms with Gasteiger partial charge in [-0.05, 0) is 66.1 Å². The first-order valence-corrected chi connectivity index (χ1v) is 8.43. The summed E-state index contributed by atoms with van der Waals surface area (Å²) in [5.41, 5.74) is 10.8. The lowest BCUT2D eigenvalue weighted by Crippen LogP contribution is -1.99. The van der Waals surface area contributed by atoms with Gasteiger partial charge in [0.25, 0.3) is 0 Å². The first-order chi connectivity index (χ1) is 10.3. The number of aryl methyl sites for hydroxylation is 1. The Balaban J connectivity index is 2.12. The molecule has 0 aliphatic carbocycles. The molecule has 0 bridgehead atoms. The van der Waals surface area contributed by atoms with E-state index in [1.165, 1.54) is 31.3 Å². The Labute approximate surface area is 138 Å². The monoisotopic (exact) mass is 390 g/mol. The highest BCUT2D eigenvalue weighted by Crippen LogP contribution is 2.33. The summed E-state index contributed by atoms with van der Waals surface area (Å²) in [4.78, 5) is 3.61. The largest absolute Gasteiger partial charge is 0.354 e. The molecular formula is C18H19IN2. The molecule has 108 valence electrons. The summed E-state index contributed by atoms with van der Waals surface area (Å²) in [7, 11) is 0.